The third-order valence-corrected chi connectivity index (χ3v) is 2.60. The van der Waals surface area contributed by atoms with Crippen molar-refractivity contribution in [3.05, 3.63) is 0 Å². The molecular weight excluding hydrogens is 250 g/mol. The average Bonchev–Trinajstić information content (AvgIpc) is 2.15. The minimum Gasteiger partial charge on any atom is -0.376 e. The third kappa shape index (κ3) is 3.50. The third-order valence-electron chi connectivity index (χ3n) is 2.60. The van der Waals surface area contributed by atoms with Gasteiger partial charge in [-0.15, -0.1) is 0 Å². The van der Waals surface area contributed by atoms with E-state index in [1.54, 1.807) is 0 Å². The molecule has 0 radical (unpaired) electrons. The van der Waals surface area contributed by atoms with Gasteiger partial charge in [0.05, 0.1) is 0 Å². The zero-order valence-electron chi connectivity index (χ0n) is 9.62. The number of halogens is 6. The second kappa shape index (κ2) is 5.46. The standard InChI is InChI=1S/C10H16F6O/c1-3-5-9(12,13)8(17,10(14,15)16)6-7(11)4-2/h7,17H,3-6H2,1-2H3. The molecular formula is C10H16F6O. The van der Waals surface area contributed by atoms with Crippen LogP contribution >= 0.6 is 0 Å². The Morgan fingerprint density at radius 3 is 1.82 bits per heavy atom. The van der Waals surface area contributed by atoms with Crippen LogP contribution < -0.4 is 0 Å². The van der Waals surface area contributed by atoms with Crippen LogP contribution in [0.3, 0.4) is 0 Å². The van der Waals surface area contributed by atoms with Crippen LogP contribution in [0.25, 0.3) is 0 Å². The first-order valence-corrected chi connectivity index (χ1v) is 5.32. The van der Waals surface area contributed by atoms with E-state index in [1.807, 2.05) is 0 Å². The molecule has 0 aliphatic carbocycles. The number of hydrogen-bond acceptors (Lipinski definition) is 1. The molecule has 0 saturated carbocycles. The first-order chi connectivity index (χ1) is 7.52. The Morgan fingerprint density at radius 2 is 1.53 bits per heavy atom. The van der Waals surface area contributed by atoms with Crippen molar-refractivity contribution in [3.8, 4) is 0 Å². The van der Waals surface area contributed by atoms with E-state index in [4.69, 9.17) is 0 Å². The summed E-state index contributed by atoms with van der Waals surface area (Å²) in [4.78, 5) is 0. The molecule has 0 bridgehead atoms. The van der Waals surface area contributed by atoms with Crippen molar-refractivity contribution in [1.29, 1.82) is 0 Å². The van der Waals surface area contributed by atoms with Crippen LogP contribution in [0.1, 0.15) is 39.5 Å². The highest BCUT2D eigenvalue weighted by Crippen LogP contribution is 2.47. The monoisotopic (exact) mass is 266 g/mol. The van der Waals surface area contributed by atoms with Gasteiger partial charge in [0.25, 0.3) is 5.92 Å². The lowest BCUT2D eigenvalue weighted by Gasteiger charge is -2.37. The fourth-order valence-corrected chi connectivity index (χ4v) is 1.46. The molecule has 0 aliphatic rings. The fraction of sp³-hybridized carbons (Fsp3) is 1.00. The Kier molecular flexibility index (Phi) is 5.31. The van der Waals surface area contributed by atoms with Gasteiger partial charge in [0.2, 0.25) is 5.60 Å². The Morgan fingerprint density at radius 1 is 1.06 bits per heavy atom. The van der Waals surface area contributed by atoms with Gasteiger partial charge in [-0.25, -0.2) is 13.2 Å². The molecule has 17 heavy (non-hydrogen) atoms. The first kappa shape index (κ1) is 16.5. The van der Waals surface area contributed by atoms with Gasteiger partial charge in [-0.05, 0) is 6.42 Å². The van der Waals surface area contributed by atoms with Crippen LogP contribution in [-0.2, 0) is 0 Å². The molecule has 1 nitrogen and oxygen atoms in total. The molecule has 2 unspecified atom stereocenters. The molecule has 0 aliphatic heterocycles. The van der Waals surface area contributed by atoms with Crippen molar-refractivity contribution < 1.29 is 31.4 Å². The molecule has 1 N–H and O–H groups in total. The molecule has 0 aromatic rings. The Hall–Kier alpha value is -0.460. The van der Waals surface area contributed by atoms with E-state index in [0.29, 0.717) is 0 Å². The number of aliphatic hydroxyl groups is 1. The zero-order valence-corrected chi connectivity index (χ0v) is 9.62. The highest BCUT2D eigenvalue weighted by Gasteiger charge is 2.68. The SMILES string of the molecule is CCCC(F)(F)C(O)(CC(F)CC)C(F)(F)F. The predicted molar refractivity (Wildman–Crippen MR) is 50.7 cm³/mol. The minimum absolute atomic E-state index is 0.242. The van der Waals surface area contributed by atoms with Crippen LogP contribution in [0.15, 0.2) is 0 Å². The highest BCUT2D eigenvalue weighted by molar-refractivity contribution is 5.00. The summed E-state index contributed by atoms with van der Waals surface area (Å²) in [5.41, 5.74) is -4.30. The van der Waals surface area contributed by atoms with Gasteiger partial charge in [-0.3, -0.25) is 0 Å². The maximum atomic E-state index is 13.3. The normalized spacial score (nSPS) is 18.9. The molecule has 0 heterocycles. The van der Waals surface area contributed by atoms with Gasteiger partial charge in [0.15, 0.2) is 0 Å². The van der Waals surface area contributed by atoms with Gasteiger partial charge in [-0.1, -0.05) is 20.3 Å². The van der Waals surface area contributed by atoms with E-state index in [2.05, 4.69) is 0 Å². The second-order valence-corrected chi connectivity index (χ2v) is 4.02. The van der Waals surface area contributed by atoms with E-state index >= 15 is 0 Å². The molecule has 7 heteroatoms. The highest BCUT2D eigenvalue weighted by atomic mass is 19.4. The van der Waals surface area contributed by atoms with Gasteiger partial charge in [-0.2, -0.15) is 13.2 Å². The molecule has 0 fully saturated rings. The van der Waals surface area contributed by atoms with Gasteiger partial charge >= 0.3 is 6.18 Å². The van der Waals surface area contributed by atoms with Crippen LogP contribution in [-0.4, -0.2) is 29.0 Å². The molecule has 104 valence electrons. The Labute approximate surface area is 95.8 Å². The number of rotatable bonds is 6. The van der Waals surface area contributed by atoms with Crippen molar-refractivity contribution in [2.24, 2.45) is 0 Å². The van der Waals surface area contributed by atoms with E-state index < -0.39 is 36.7 Å². The second-order valence-electron chi connectivity index (χ2n) is 4.02. The molecule has 0 saturated heterocycles. The van der Waals surface area contributed by atoms with Crippen molar-refractivity contribution in [1.82, 2.24) is 0 Å². The summed E-state index contributed by atoms with van der Waals surface area (Å²) in [6.07, 6.45) is -11.1. The minimum atomic E-state index is -5.56. The average molecular weight is 266 g/mol. The lowest BCUT2D eigenvalue weighted by atomic mass is 9.85. The molecule has 0 spiro atoms. The van der Waals surface area contributed by atoms with Crippen LogP contribution in [0.5, 0.6) is 0 Å². The van der Waals surface area contributed by atoms with Crippen molar-refractivity contribution in [3.63, 3.8) is 0 Å². The topological polar surface area (TPSA) is 20.2 Å². The van der Waals surface area contributed by atoms with E-state index in [0.717, 1.165) is 0 Å². The van der Waals surface area contributed by atoms with Crippen LogP contribution in [0.4, 0.5) is 26.3 Å². The summed E-state index contributed by atoms with van der Waals surface area (Å²) in [6, 6.07) is 0. The number of hydrogen-bond donors (Lipinski definition) is 1. The molecule has 0 aromatic carbocycles. The fourth-order valence-electron chi connectivity index (χ4n) is 1.46. The first-order valence-electron chi connectivity index (χ1n) is 5.32. The summed E-state index contributed by atoms with van der Waals surface area (Å²) in [5.74, 6) is -4.39. The smallest absolute Gasteiger partial charge is 0.376 e. The van der Waals surface area contributed by atoms with Crippen molar-refractivity contribution in [2.45, 2.75) is 63.4 Å². The maximum absolute atomic E-state index is 13.3. The predicted octanol–water partition coefficient (Wildman–Crippen LogP) is 3.85. The lowest BCUT2D eigenvalue weighted by molar-refractivity contribution is -0.338. The summed E-state index contributed by atoms with van der Waals surface area (Å²) >= 11 is 0. The van der Waals surface area contributed by atoms with E-state index in [9.17, 15) is 31.4 Å². The largest absolute Gasteiger partial charge is 0.423 e. The summed E-state index contributed by atoms with van der Waals surface area (Å²) in [7, 11) is 0. The molecule has 0 amide bonds. The summed E-state index contributed by atoms with van der Waals surface area (Å²) < 4.78 is 77.2. The molecule has 0 rings (SSSR count). The Balaban J connectivity index is 5.25. The summed E-state index contributed by atoms with van der Waals surface area (Å²) in [5, 5.41) is 9.19. The van der Waals surface area contributed by atoms with E-state index in [1.165, 1.54) is 13.8 Å². The lowest BCUT2D eigenvalue weighted by Crippen LogP contribution is -2.59. The molecule has 2 atom stereocenters. The Bertz CT molecular complexity index is 239. The van der Waals surface area contributed by atoms with Gasteiger partial charge in [0.1, 0.15) is 6.17 Å². The van der Waals surface area contributed by atoms with Crippen LogP contribution in [0, 0.1) is 0 Å². The van der Waals surface area contributed by atoms with E-state index in [-0.39, 0.29) is 12.8 Å². The van der Waals surface area contributed by atoms with Crippen LogP contribution in [0.2, 0.25) is 0 Å². The number of alkyl halides is 6. The quantitative estimate of drug-likeness (QED) is 0.724. The maximum Gasteiger partial charge on any atom is 0.423 e. The van der Waals surface area contributed by atoms with Crippen molar-refractivity contribution in [2.75, 3.05) is 0 Å². The van der Waals surface area contributed by atoms with Gasteiger partial charge < -0.3 is 5.11 Å². The summed E-state index contributed by atoms with van der Waals surface area (Å²) in [6.45, 7) is 2.48. The van der Waals surface area contributed by atoms with Gasteiger partial charge in [0, 0.05) is 12.8 Å². The molecule has 0 aromatic heterocycles. The zero-order chi connectivity index (χ0) is 13.9. The van der Waals surface area contributed by atoms with Crippen molar-refractivity contribution >= 4 is 0 Å².